The maximum absolute atomic E-state index is 13.8. The fourth-order valence-electron chi connectivity index (χ4n) is 3.13. The third-order valence-electron chi connectivity index (χ3n) is 4.80. The number of rotatable bonds is 4. The number of nitrogens with zero attached hydrogens (tertiary/aromatic N) is 2. The minimum absolute atomic E-state index is 0.0719. The largest absolute Gasteiger partial charge is 0.482 e. The minimum atomic E-state index is -0.627. The van der Waals surface area contributed by atoms with Crippen LogP contribution in [0.25, 0.3) is 0 Å². The maximum atomic E-state index is 13.8. The van der Waals surface area contributed by atoms with Crippen molar-refractivity contribution < 1.29 is 9.13 Å². The molecule has 8 heteroatoms. The Bertz CT molecular complexity index is 938. The molecule has 0 bridgehead atoms. The summed E-state index contributed by atoms with van der Waals surface area (Å²) in [5.74, 6) is 6.37. The Morgan fingerprint density at radius 3 is 2.72 bits per heavy atom. The van der Waals surface area contributed by atoms with Crippen LogP contribution in [0.15, 0.2) is 24.4 Å². The summed E-state index contributed by atoms with van der Waals surface area (Å²) in [6.07, 6.45) is 0.977. The average molecular weight is 437 g/mol. The van der Waals surface area contributed by atoms with E-state index >= 15 is 0 Å². The van der Waals surface area contributed by atoms with Crippen LogP contribution in [0.1, 0.15) is 31.1 Å². The number of nitrogens with one attached hydrogen (secondary N) is 1. The Balaban J connectivity index is 1.78. The van der Waals surface area contributed by atoms with Gasteiger partial charge in [0.25, 0.3) is 0 Å². The van der Waals surface area contributed by atoms with Crippen molar-refractivity contribution in [3.05, 3.63) is 51.4 Å². The van der Waals surface area contributed by atoms with Crippen molar-refractivity contribution in [2.24, 2.45) is 0 Å². The van der Waals surface area contributed by atoms with Gasteiger partial charge >= 0.3 is 0 Å². The molecular formula is C21H23Cl2FN4O. The third kappa shape index (κ3) is 5.31. The SMILES string of the molecule is CC(C#Cc1cnc(N)c(O[C@H](C)c2c(Cl)ccc(F)c2Cl)c1)N1CCNCC1. The molecule has 1 unspecified atom stereocenters. The van der Waals surface area contributed by atoms with Gasteiger partial charge in [0.15, 0.2) is 11.6 Å². The van der Waals surface area contributed by atoms with Gasteiger partial charge in [0.2, 0.25) is 0 Å². The molecule has 154 valence electrons. The molecule has 0 radical (unpaired) electrons. The van der Waals surface area contributed by atoms with Crippen LogP contribution in [0.5, 0.6) is 5.75 Å². The Hall–Kier alpha value is -2.04. The second-order valence-electron chi connectivity index (χ2n) is 6.86. The quantitative estimate of drug-likeness (QED) is 0.561. The summed E-state index contributed by atoms with van der Waals surface area (Å²) in [7, 11) is 0. The summed E-state index contributed by atoms with van der Waals surface area (Å²) in [6.45, 7) is 7.67. The molecule has 2 aromatic rings. The summed E-state index contributed by atoms with van der Waals surface area (Å²) in [6, 6.07) is 4.51. The van der Waals surface area contributed by atoms with Crippen LogP contribution in [0.2, 0.25) is 10.0 Å². The number of piperazine rings is 1. The molecule has 1 saturated heterocycles. The molecular weight excluding hydrogens is 414 g/mol. The average Bonchev–Trinajstić information content (AvgIpc) is 2.72. The molecule has 1 aromatic carbocycles. The van der Waals surface area contributed by atoms with E-state index in [0.717, 1.165) is 26.2 Å². The lowest BCUT2D eigenvalue weighted by molar-refractivity contribution is 0.218. The number of hydrogen-bond donors (Lipinski definition) is 2. The fourth-order valence-corrected chi connectivity index (χ4v) is 3.81. The number of nitrogen functional groups attached to an aromatic ring is 1. The Labute approximate surface area is 180 Å². The first-order chi connectivity index (χ1) is 13.9. The number of halogens is 3. The molecule has 1 aliphatic rings. The molecule has 2 atom stereocenters. The van der Waals surface area contributed by atoms with Crippen LogP contribution < -0.4 is 15.8 Å². The molecule has 0 aliphatic carbocycles. The van der Waals surface area contributed by atoms with Crippen molar-refractivity contribution in [1.29, 1.82) is 0 Å². The van der Waals surface area contributed by atoms with Crippen LogP contribution >= 0.6 is 23.2 Å². The van der Waals surface area contributed by atoms with E-state index in [9.17, 15) is 4.39 Å². The number of ether oxygens (including phenoxy) is 1. The van der Waals surface area contributed by atoms with E-state index in [2.05, 4.69) is 34.0 Å². The van der Waals surface area contributed by atoms with Crippen LogP contribution in [-0.2, 0) is 0 Å². The highest BCUT2D eigenvalue weighted by Crippen LogP contribution is 2.35. The van der Waals surface area contributed by atoms with E-state index in [1.807, 2.05) is 0 Å². The summed E-state index contributed by atoms with van der Waals surface area (Å²) < 4.78 is 19.7. The number of nitrogens with two attached hydrogens (primary N) is 1. The zero-order valence-corrected chi connectivity index (χ0v) is 17.8. The van der Waals surface area contributed by atoms with Gasteiger partial charge in [-0.25, -0.2) is 9.37 Å². The molecule has 5 nitrogen and oxygen atoms in total. The van der Waals surface area contributed by atoms with Crippen molar-refractivity contribution in [2.75, 3.05) is 31.9 Å². The Morgan fingerprint density at radius 2 is 2.00 bits per heavy atom. The Kier molecular flexibility index (Phi) is 7.20. The van der Waals surface area contributed by atoms with E-state index in [0.29, 0.717) is 21.9 Å². The molecule has 0 amide bonds. The van der Waals surface area contributed by atoms with Crippen molar-refractivity contribution in [3.8, 4) is 17.6 Å². The molecule has 0 saturated carbocycles. The molecule has 3 N–H and O–H groups in total. The van der Waals surface area contributed by atoms with Gasteiger partial charge in [-0.05, 0) is 26.0 Å². The fraction of sp³-hybridized carbons (Fsp3) is 0.381. The number of aromatic nitrogens is 1. The lowest BCUT2D eigenvalue weighted by Crippen LogP contribution is -2.47. The topological polar surface area (TPSA) is 63.4 Å². The number of anilines is 1. The van der Waals surface area contributed by atoms with E-state index < -0.39 is 11.9 Å². The van der Waals surface area contributed by atoms with Crippen molar-refractivity contribution in [2.45, 2.75) is 26.0 Å². The van der Waals surface area contributed by atoms with Crippen molar-refractivity contribution in [1.82, 2.24) is 15.2 Å². The summed E-state index contributed by atoms with van der Waals surface area (Å²) >= 11 is 12.3. The van der Waals surface area contributed by atoms with Gasteiger partial charge in [-0.15, -0.1) is 0 Å². The van der Waals surface area contributed by atoms with Gasteiger partial charge in [0.05, 0.1) is 11.1 Å². The second-order valence-corrected chi connectivity index (χ2v) is 7.64. The van der Waals surface area contributed by atoms with E-state index in [4.69, 9.17) is 33.7 Å². The monoisotopic (exact) mass is 436 g/mol. The van der Waals surface area contributed by atoms with Gasteiger partial charge in [0, 0.05) is 54.6 Å². The first-order valence-corrected chi connectivity index (χ1v) is 10.1. The van der Waals surface area contributed by atoms with Gasteiger partial charge in [-0.2, -0.15) is 0 Å². The third-order valence-corrected chi connectivity index (χ3v) is 5.51. The lowest BCUT2D eigenvalue weighted by atomic mass is 10.1. The predicted molar refractivity (Wildman–Crippen MR) is 115 cm³/mol. The van der Waals surface area contributed by atoms with Gasteiger partial charge < -0.3 is 15.8 Å². The zero-order valence-electron chi connectivity index (χ0n) is 16.3. The maximum Gasteiger partial charge on any atom is 0.166 e. The highest BCUT2D eigenvalue weighted by molar-refractivity contribution is 6.36. The number of hydrogen-bond acceptors (Lipinski definition) is 5. The molecule has 29 heavy (non-hydrogen) atoms. The van der Waals surface area contributed by atoms with E-state index in [-0.39, 0.29) is 16.9 Å². The molecule has 3 rings (SSSR count). The number of pyridine rings is 1. The van der Waals surface area contributed by atoms with Gasteiger partial charge in [0.1, 0.15) is 11.9 Å². The smallest absolute Gasteiger partial charge is 0.166 e. The first kappa shape index (κ1) is 21.7. The van der Waals surface area contributed by atoms with Crippen LogP contribution in [0.4, 0.5) is 10.2 Å². The highest BCUT2D eigenvalue weighted by Gasteiger charge is 2.20. The first-order valence-electron chi connectivity index (χ1n) is 9.38. The molecule has 2 heterocycles. The van der Waals surface area contributed by atoms with Gasteiger partial charge in [-0.3, -0.25) is 4.90 Å². The normalized spacial score (nSPS) is 16.6. The number of benzene rings is 1. The van der Waals surface area contributed by atoms with Gasteiger partial charge in [-0.1, -0.05) is 35.0 Å². The Morgan fingerprint density at radius 1 is 1.28 bits per heavy atom. The van der Waals surface area contributed by atoms with Crippen molar-refractivity contribution >= 4 is 29.0 Å². The van der Waals surface area contributed by atoms with Crippen molar-refractivity contribution in [3.63, 3.8) is 0 Å². The molecule has 1 aliphatic heterocycles. The second kappa shape index (κ2) is 9.64. The van der Waals surface area contributed by atoms with E-state index in [1.54, 1.807) is 19.2 Å². The summed E-state index contributed by atoms with van der Waals surface area (Å²) in [5.41, 5.74) is 6.99. The standard InChI is InChI=1S/C21H23Cl2FN4O/c1-13(28-9-7-26-8-10-28)3-4-15-11-18(21(25)27-12-15)29-14(2)19-16(22)5-6-17(24)20(19)23/h5-6,11-14,26H,7-10H2,1-2H3,(H2,25,27)/t13?,14-/m1/s1. The highest BCUT2D eigenvalue weighted by atomic mass is 35.5. The van der Waals surface area contributed by atoms with Crippen LogP contribution in [-0.4, -0.2) is 42.1 Å². The molecule has 0 spiro atoms. The van der Waals surface area contributed by atoms with E-state index in [1.165, 1.54) is 12.1 Å². The predicted octanol–water partition coefficient (Wildman–Crippen LogP) is 3.89. The summed E-state index contributed by atoms with van der Waals surface area (Å²) in [4.78, 5) is 6.49. The van der Waals surface area contributed by atoms with Crippen LogP contribution in [0, 0.1) is 17.7 Å². The minimum Gasteiger partial charge on any atom is -0.482 e. The lowest BCUT2D eigenvalue weighted by Gasteiger charge is -2.29. The zero-order chi connectivity index (χ0) is 21.0. The molecule has 1 aromatic heterocycles. The molecule has 1 fully saturated rings. The summed E-state index contributed by atoms with van der Waals surface area (Å²) in [5, 5.41) is 3.57. The van der Waals surface area contributed by atoms with Crippen LogP contribution in [0.3, 0.4) is 0 Å².